The Morgan fingerprint density at radius 1 is 1.30 bits per heavy atom. The van der Waals surface area contributed by atoms with Crippen molar-refractivity contribution in [2.45, 2.75) is 39.8 Å². The first-order valence-corrected chi connectivity index (χ1v) is 8.22. The zero-order valence-corrected chi connectivity index (χ0v) is 14.4. The van der Waals surface area contributed by atoms with Crippen LogP contribution < -0.4 is 0 Å². The minimum absolute atomic E-state index is 0.284. The van der Waals surface area contributed by atoms with Crippen molar-refractivity contribution >= 4 is 35.0 Å². The van der Waals surface area contributed by atoms with Gasteiger partial charge in [0.15, 0.2) is 0 Å². The molecule has 23 heavy (non-hydrogen) atoms. The van der Waals surface area contributed by atoms with Crippen LogP contribution in [0.2, 0.25) is 0 Å². The summed E-state index contributed by atoms with van der Waals surface area (Å²) in [5.41, 5.74) is 0.842. The van der Waals surface area contributed by atoms with Crippen molar-refractivity contribution in [3.05, 3.63) is 28.9 Å². The Morgan fingerprint density at radius 2 is 2.00 bits per heavy atom. The van der Waals surface area contributed by atoms with Crippen LogP contribution >= 0.6 is 11.8 Å². The minimum atomic E-state index is -0.588. The lowest BCUT2D eigenvalue weighted by Gasteiger charge is -2.13. The first-order valence-electron chi connectivity index (χ1n) is 7.40. The lowest BCUT2D eigenvalue weighted by molar-refractivity contribution is -0.149. The van der Waals surface area contributed by atoms with Gasteiger partial charge in [0.1, 0.15) is 6.54 Å². The van der Waals surface area contributed by atoms with Gasteiger partial charge >= 0.3 is 5.97 Å². The van der Waals surface area contributed by atoms with Crippen LogP contribution in [0.5, 0.6) is 0 Å². The monoisotopic (exact) mass is 336 g/mol. The van der Waals surface area contributed by atoms with Crippen LogP contribution in [0.15, 0.2) is 23.4 Å². The normalized spacial score (nSPS) is 17.0. The Hall–Kier alpha value is -2.02. The molecular weight excluding hydrogens is 316 g/mol. The number of amides is 2. The number of aromatic nitrogens is 1. The van der Waals surface area contributed by atoms with Gasteiger partial charge in [-0.2, -0.15) is 0 Å². The molecule has 0 bridgehead atoms. The zero-order valence-electron chi connectivity index (χ0n) is 13.6. The maximum absolute atomic E-state index is 12.3. The number of imide groups is 1. The van der Waals surface area contributed by atoms with E-state index in [4.69, 9.17) is 4.74 Å². The van der Waals surface area contributed by atoms with Gasteiger partial charge in [-0.3, -0.25) is 19.3 Å². The molecular formula is C16H20N2O4S. The molecule has 0 N–H and O–H groups in total. The molecule has 2 rings (SSSR count). The maximum atomic E-state index is 12.3. The quantitative estimate of drug-likeness (QED) is 0.610. The molecule has 0 atom stereocenters. The average molecular weight is 336 g/mol. The number of carbonyl (C=O) groups is 3. The fraction of sp³-hybridized carbons (Fsp3) is 0.438. The molecule has 1 aliphatic rings. The molecule has 0 aliphatic carbocycles. The van der Waals surface area contributed by atoms with E-state index in [0.717, 1.165) is 22.2 Å². The highest BCUT2D eigenvalue weighted by atomic mass is 32.2. The van der Waals surface area contributed by atoms with Gasteiger partial charge < -0.3 is 9.30 Å². The lowest BCUT2D eigenvalue weighted by atomic mass is 10.3. The third-order valence-electron chi connectivity index (χ3n) is 3.16. The van der Waals surface area contributed by atoms with Gasteiger partial charge in [0.2, 0.25) is 0 Å². The van der Waals surface area contributed by atoms with E-state index in [0.29, 0.717) is 10.9 Å². The molecule has 1 aromatic rings. The second kappa shape index (κ2) is 7.04. The zero-order chi connectivity index (χ0) is 17.1. The fourth-order valence-corrected chi connectivity index (χ4v) is 2.89. The van der Waals surface area contributed by atoms with E-state index in [9.17, 15) is 14.4 Å². The number of nitrogens with zero attached hydrogens (tertiary/aromatic N) is 2. The molecule has 6 nitrogen and oxygen atoms in total. The molecule has 0 saturated carbocycles. The van der Waals surface area contributed by atoms with E-state index in [1.54, 1.807) is 19.9 Å². The first-order chi connectivity index (χ1) is 10.8. The second-order valence-electron chi connectivity index (χ2n) is 5.79. The third-order valence-corrected chi connectivity index (χ3v) is 4.07. The van der Waals surface area contributed by atoms with E-state index in [-0.39, 0.29) is 12.6 Å². The minimum Gasteiger partial charge on any atom is -0.462 e. The number of hydrogen-bond donors (Lipinski definition) is 0. The summed E-state index contributed by atoms with van der Waals surface area (Å²) in [4.78, 5) is 37.1. The van der Waals surface area contributed by atoms with Gasteiger partial charge in [-0.1, -0.05) is 0 Å². The summed E-state index contributed by atoms with van der Waals surface area (Å²) in [6.45, 7) is 7.18. The average Bonchev–Trinajstić information content (AvgIpc) is 2.99. The van der Waals surface area contributed by atoms with Crippen molar-refractivity contribution in [2.75, 3.05) is 6.54 Å². The predicted molar refractivity (Wildman–Crippen MR) is 88.7 cm³/mol. The van der Waals surface area contributed by atoms with Gasteiger partial charge in [-0.25, -0.2) is 0 Å². The van der Waals surface area contributed by atoms with Gasteiger partial charge in [0.25, 0.3) is 11.1 Å². The first kappa shape index (κ1) is 17.3. The molecule has 0 aromatic carbocycles. The van der Waals surface area contributed by atoms with Crippen LogP contribution in [0, 0.1) is 0 Å². The summed E-state index contributed by atoms with van der Waals surface area (Å²) < 4.78 is 6.98. The van der Waals surface area contributed by atoms with Crippen LogP contribution in [0.4, 0.5) is 4.79 Å². The molecule has 124 valence electrons. The Kier molecular flexibility index (Phi) is 5.30. The molecule has 0 radical (unpaired) electrons. The maximum Gasteiger partial charge on any atom is 0.326 e. The van der Waals surface area contributed by atoms with Crippen molar-refractivity contribution in [1.82, 2.24) is 9.47 Å². The molecule has 0 spiro atoms. The van der Waals surface area contributed by atoms with Crippen molar-refractivity contribution in [3.63, 3.8) is 0 Å². The lowest BCUT2D eigenvalue weighted by Crippen LogP contribution is -2.35. The van der Waals surface area contributed by atoms with E-state index >= 15 is 0 Å². The van der Waals surface area contributed by atoms with Crippen LogP contribution in [0.3, 0.4) is 0 Å². The number of hydrogen-bond acceptors (Lipinski definition) is 5. The summed E-state index contributed by atoms with van der Waals surface area (Å²) in [5.74, 6) is -1.05. The summed E-state index contributed by atoms with van der Waals surface area (Å²) in [7, 11) is 0. The molecule has 2 amide bonds. The number of rotatable bonds is 5. The van der Waals surface area contributed by atoms with E-state index in [2.05, 4.69) is 13.8 Å². The molecule has 1 saturated heterocycles. The molecule has 1 fully saturated rings. The van der Waals surface area contributed by atoms with Gasteiger partial charge in [-0.05, 0) is 57.2 Å². The number of thioether (sulfide) groups is 1. The third kappa shape index (κ3) is 4.25. The predicted octanol–water partition coefficient (Wildman–Crippen LogP) is 3.06. The van der Waals surface area contributed by atoms with Crippen LogP contribution in [-0.2, 0) is 14.3 Å². The van der Waals surface area contributed by atoms with Crippen molar-refractivity contribution in [2.24, 2.45) is 0 Å². The second-order valence-corrected chi connectivity index (χ2v) is 6.79. The smallest absolute Gasteiger partial charge is 0.326 e. The Morgan fingerprint density at radius 3 is 2.57 bits per heavy atom. The van der Waals surface area contributed by atoms with E-state index in [1.807, 2.05) is 23.0 Å². The summed E-state index contributed by atoms with van der Waals surface area (Å²) in [5, 5.41) is -0.453. The van der Waals surface area contributed by atoms with Crippen molar-refractivity contribution < 1.29 is 19.1 Å². The number of carbonyl (C=O) groups excluding carboxylic acids is 3. The highest BCUT2D eigenvalue weighted by molar-refractivity contribution is 8.18. The van der Waals surface area contributed by atoms with E-state index < -0.39 is 17.1 Å². The molecule has 1 aromatic heterocycles. The number of ether oxygens (including phenoxy) is 1. The fourth-order valence-electron chi connectivity index (χ4n) is 2.05. The van der Waals surface area contributed by atoms with Crippen LogP contribution in [0.25, 0.3) is 6.08 Å². The van der Waals surface area contributed by atoms with Crippen LogP contribution in [0.1, 0.15) is 39.3 Å². The highest BCUT2D eigenvalue weighted by Crippen LogP contribution is 2.32. The topological polar surface area (TPSA) is 68.6 Å². The Labute approximate surface area is 139 Å². The standard InChI is InChI=1S/C16H20N2O4S/c1-10(2)17-6-5-12(8-17)7-13-15(20)18(16(21)23-13)9-14(19)22-11(3)4/h5-8,10-11H,9H2,1-4H3/b13-7-. The SMILES string of the molecule is CC(C)OC(=O)CN1C(=O)S/C(=C\c2ccn(C(C)C)c2)C1=O. The van der Waals surface area contributed by atoms with Gasteiger partial charge in [0.05, 0.1) is 11.0 Å². The number of esters is 1. The summed E-state index contributed by atoms with van der Waals surface area (Å²) >= 11 is 0.837. The molecule has 0 unspecified atom stereocenters. The largest absolute Gasteiger partial charge is 0.462 e. The van der Waals surface area contributed by atoms with Crippen molar-refractivity contribution in [1.29, 1.82) is 0 Å². The highest BCUT2D eigenvalue weighted by Gasteiger charge is 2.36. The van der Waals surface area contributed by atoms with Crippen LogP contribution in [-0.4, -0.2) is 39.2 Å². The molecule has 2 heterocycles. The van der Waals surface area contributed by atoms with Crippen molar-refractivity contribution in [3.8, 4) is 0 Å². The molecule has 7 heteroatoms. The Balaban J connectivity index is 2.10. The summed E-state index contributed by atoms with van der Waals surface area (Å²) in [6, 6.07) is 2.19. The van der Waals surface area contributed by atoms with Gasteiger partial charge in [0, 0.05) is 18.4 Å². The van der Waals surface area contributed by atoms with Gasteiger partial charge in [-0.15, -0.1) is 0 Å². The van der Waals surface area contributed by atoms with E-state index in [1.165, 1.54) is 0 Å². The Bertz CT molecular complexity index is 661. The molecule has 1 aliphatic heterocycles. The summed E-state index contributed by atoms with van der Waals surface area (Å²) in [6.07, 6.45) is 5.21.